The van der Waals surface area contributed by atoms with Crippen molar-refractivity contribution in [2.75, 3.05) is 46.6 Å². The van der Waals surface area contributed by atoms with Crippen molar-refractivity contribution in [3.8, 4) is 5.75 Å². The summed E-state index contributed by atoms with van der Waals surface area (Å²) in [6, 6.07) is 7.32. The summed E-state index contributed by atoms with van der Waals surface area (Å²) in [5.41, 5.74) is 0.179. The van der Waals surface area contributed by atoms with E-state index in [9.17, 15) is 4.79 Å². The van der Waals surface area contributed by atoms with Crippen molar-refractivity contribution in [3.05, 3.63) is 29.8 Å². The van der Waals surface area contributed by atoms with Crippen molar-refractivity contribution in [2.45, 2.75) is 19.4 Å². The van der Waals surface area contributed by atoms with Gasteiger partial charge in [-0.1, -0.05) is 0 Å². The molecule has 1 aromatic carbocycles. The van der Waals surface area contributed by atoms with Crippen LogP contribution in [-0.2, 0) is 9.47 Å². The molecule has 0 aromatic heterocycles. The highest BCUT2D eigenvalue weighted by atomic mass is 16.5. The van der Waals surface area contributed by atoms with Gasteiger partial charge in [0.15, 0.2) is 5.78 Å². The maximum absolute atomic E-state index is 12.8. The summed E-state index contributed by atoms with van der Waals surface area (Å²) in [5, 5.41) is 0. The molecule has 0 spiro atoms. The third-order valence-corrected chi connectivity index (χ3v) is 4.03. The number of carbonyl (C=O) groups is 1. The van der Waals surface area contributed by atoms with E-state index in [1.54, 1.807) is 7.11 Å². The van der Waals surface area contributed by atoms with Gasteiger partial charge in [-0.25, -0.2) is 0 Å². The second-order valence-electron chi connectivity index (χ2n) is 5.85. The quantitative estimate of drug-likeness (QED) is 0.569. The summed E-state index contributed by atoms with van der Waals surface area (Å²) >= 11 is 0. The Labute approximate surface area is 132 Å². The molecule has 0 atom stereocenters. The number of hydrogen-bond acceptors (Lipinski definition) is 5. The predicted octanol–water partition coefficient (Wildman–Crippen LogP) is 2.01. The van der Waals surface area contributed by atoms with Gasteiger partial charge in [0, 0.05) is 25.8 Å². The molecule has 5 nitrogen and oxygen atoms in total. The Hall–Kier alpha value is -1.43. The third kappa shape index (κ3) is 4.06. The van der Waals surface area contributed by atoms with Crippen molar-refractivity contribution in [3.63, 3.8) is 0 Å². The van der Waals surface area contributed by atoms with E-state index in [1.807, 2.05) is 38.1 Å². The molecule has 1 heterocycles. The first-order chi connectivity index (χ1) is 10.6. The zero-order chi connectivity index (χ0) is 16.0. The molecule has 0 amide bonds. The molecular formula is C17H25NO4. The van der Waals surface area contributed by atoms with Gasteiger partial charge >= 0.3 is 0 Å². The highest BCUT2D eigenvalue weighted by Gasteiger charge is 2.35. The van der Waals surface area contributed by atoms with Gasteiger partial charge < -0.3 is 14.2 Å². The highest BCUT2D eigenvalue weighted by molar-refractivity contribution is 6.02. The van der Waals surface area contributed by atoms with Gasteiger partial charge in [-0.2, -0.15) is 0 Å². The molecule has 0 aliphatic carbocycles. The van der Waals surface area contributed by atoms with Crippen molar-refractivity contribution in [2.24, 2.45) is 0 Å². The van der Waals surface area contributed by atoms with Crippen LogP contribution in [0.3, 0.4) is 0 Å². The largest absolute Gasteiger partial charge is 0.491 e. The Morgan fingerprint density at radius 1 is 1.18 bits per heavy atom. The van der Waals surface area contributed by atoms with Crippen LogP contribution in [0.5, 0.6) is 5.75 Å². The zero-order valence-electron chi connectivity index (χ0n) is 13.6. The fraction of sp³-hybridized carbons (Fsp3) is 0.588. The number of ketones is 1. The molecule has 0 saturated carbocycles. The molecule has 0 bridgehead atoms. The highest BCUT2D eigenvalue weighted by Crippen LogP contribution is 2.23. The average Bonchev–Trinajstić information content (AvgIpc) is 2.56. The minimum Gasteiger partial charge on any atom is -0.491 e. The Morgan fingerprint density at radius 3 is 2.41 bits per heavy atom. The van der Waals surface area contributed by atoms with E-state index in [0.29, 0.717) is 32.0 Å². The molecular weight excluding hydrogens is 282 g/mol. The lowest BCUT2D eigenvalue weighted by molar-refractivity contribution is -0.00430. The summed E-state index contributed by atoms with van der Waals surface area (Å²) in [4.78, 5) is 15.0. The first-order valence-corrected chi connectivity index (χ1v) is 7.65. The minimum atomic E-state index is -0.526. The van der Waals surface area contributed by atoms with Gasteiger partial charge in [0.05, 0.1) is 25.4 Å². The van der Waals surface area contributed by atoms with Crippen LogP contribution in [0.1, 0.15) is 24.2 Å². The first kappa shape index (κ1) is 16.9. The average molecular weight is 307 g/mol. The number of hydrogen-bond donors (Lipinski definition) is 0. The maximum atomic E-state index is 12.8. The molecule has 122 valence electrons. The molecule has 0 N–H and O–H groups in total. The van der Waals surface area contributed by atoms with Gasteiger partial charge in [-0.05, 0) is 38.1 Å². The van der Waals surface area contributed by atoms with Gasteiger partial charge in [0.25, 0.3) is 0 Å². The number of carbonyl (C=O) groups excluding carboxylic acids is 1. The van der Waals surface area contributed by atoms with Crippen LogP contribution in [0, 0.1) is 0 Å². The van der Waals surface area contributed by atoms with Crippen LogP contribution in [0.2, 0.25) is 0 Å². The van der Waals surface area contributed by atoms with Crippen molar-refractivity contribution < 1.29 is 19.0 Å². The number of Topliss-reactive ketones (excluding diaryl/α,β-unsaturated/α-hetero) is 1. The Kier molecular flexibility index (Phi) is 5.94. The molecule has 22 heavy (non-hydrogen) atoms. The molecule has 5 heteroatoms. The smallest absolute Gasteiger partial charge is 0.182 e. The Balaban J connectivity index is 2.01. The second kappa shape index (κ2) is 7.72. The molecule has 1 aromatic rings. The fourth-order valence-electron chi connectivity index (χ4n) is 2.56. The lowest BCUT2D eigenvalue weighted by Gasteiger charge is -2.39. The molecule has 1 aliphatic rings. The predicted molar refractivity (Wildman–Crippen MR) is 84.6 cm³/mol. The zero-order valence-corrected chi connectivity index (χ0v) is 13.6. The SMILES string of the molecule is COCCOc1ccc(C(=O)C(C)(C)N2CCOCC2)cc1. The van der Waals surface area contributed by atoms with E-state index in [2.05, 4.69) is 4.90 Å². The van der Waals surface area contributed by atoms with Gasteiger partial charge in [0.2, 0.25) is 0 Å². The Bertz CT molecular complexity index is 478. The van der Waals surface area contributed by atoms with Crippen LogP contribution in [0.25, 0.3) is 0 Å². The second-order valence-corrected chi connectivity index (χ2v) is 5.85. The van der Waals surface area contributed by atoms with Crippen LogP contribution >= 0.6 is 0 Å². The summed E-state index contributed by atoms with van der Waals surface area (Å²) in [6.45, 7) is 7.95. The van der Waals surface area contributed by atoms with E-state index in [4.69, 9.17) is 14.2 Å². The molecule has 1 fully saturated rings. The van der Waals surface area contributed by atoms with E-state index in [1.165, 1.54) is 0 Å². The lowest BCUT2D eigenvalue weighted by Crippen LogP contribution is -2.54. The summed E-state index contributed by atoms with van der Waals surface area (Å²) in [6.07, 6.45) is 0. The summed E-state index contributed by atoms with van der Waals surface area (Å²) < 4.78 is 15.8. The number of rotatable bonds is 7. The number of ether oxygens (including phenoxy) is 3. The summed E-state index contributed by atoms with van der Waals surface area (Å²) in [7, 11) is 1.64. The normalized spacial score (nSPS) is 16.5. The molecule has 0 radical (unpaired) electrons. The van der Waals surface area contributed by atoms with Gasteiger partial charge in [0.1, 0.15) is 12.4 Å². The van der Waals surface area contributed by atoms with Gasteiger partial charge in [-0.3, -0.25) is 9.69 Å². The number of nitrogens with zero attached hydrogens (tertiary/aromatic N) is 1. The van der Waals surface area contributed by atoms with Crippen molar-refractivity contribution in [1.82, 2.24) is 4.90 Å². The first-order valence-electron chi connectivity index (χ1n) is 7.65. The monoisotopic (exact) mass is 307 g/mol. The van der Waals surface area contributed by atoms with Crippen LogP contribution < -0.4 is 4.74 Å². The van der Waals surface area contributed by atoms with E-state index in [0.717, 1.165) is 18.8 Å². The molecule has 1 saturated heterocycles. The summed E-state index contributed by atoms with van der Waals surface area (Å²) in [5.74, 6) is 0.871. The van der Waals surface area contributed by atoms with Crippen LogP contribution in [0.15, 0.2) is 24.3 Å². The van der Waals surface area contributed by atoms with Crippen LogP contribution in [0.4, 0.5) is 0 Å². The Morgan fingerprint density at radius 2 is 1.82 bits per heavy atom. The lowest BCUT2D eigenvalue weighted by atomic mass is 9.91. The number of morpholine rings is 1. The third-order valence-electron chi connectivity index (χ3n) is 4.03. The topological polar surface area (TPSA) is 48.0 Å². The fourth-order valence-corrected chi connectivity index (χ4v) is 2.56. The number of methoxy groups -OCH3 is 1. The standard InChI is InChI=1S/C17H25NO4/c1-17(2,18-8-10-21-11-9-18)16(19)14-4-6-15(7-5-14)22-13-12-20-3/h4-7H,8-13H2,1-3H3. The minimum absolute atomic E-state index is 0.123. The van der Waals surface area contributed by atoms with E-state index < -0.39 is 5.54 Å². The van der Waals surface area contributed by atoms with Gasteiger partial charge in [-0.15, -0.1) is 0 Å². The van der Waals surface area contributed by atoms with E-state index in [-0.39, 0.29) is 5.78 Å². The molecule has 2 rings (SSSR count). The van der Waals surface area contributed by atoms with Crippen LogP contribution in [-0.4, -0.2) is 62.8 Å². The molecule has 0 unspecified atom stereocenters. The maximum Gasteiger partial charge on any atom is 0.182 e. The van der Waals surface area contributed by atoms with Crippen molar-refractivity contribution in [1.29, 1.82) is 0 Å². The van der Waals surface area contributed by atoms with E-state index >= 15 is 0 Å². The van der Waals surface area contributed by atoms with Crippen molar-refractivity contribution >= 4 is 5.78 Å². The molecule has 1 aliphatic heterocycles. The number of benzene rings is 1.